The van der Waals surface area contributed by atoms with Crippen LogP contribution in [0.25, 0.3) is 0 Å². The highest BCUT2D eigenvalue weighted by atomic mass is 32.1. The summed E-state index contributed by atoms with van der Waals surface area (Å²) in [6, 6.07) is 0. The fraction of sp³-hybridized carbons (Fsp3) is 0.500. The molecule has 0 saturated carbocycles. The van der Waals surface area contributed by atoms with Gasteiger partial charge in [-0.25, -0.2) is 4.98 Å². The molecule has 4 nitrogen and oxygen atoms in total. The van der Waals surface area contributed by atoms with Gasteiger partial charge in [0.2, 0.25) is 5.06 Å². The zero-order valence-electron chi connectivity index (χ0n) is 6.20. The van der Waals surface area contributed by atoms with Crippen molar-refractivity contribution in [3.05, 3.63) is 5.69 Å². The Balaban J connectivity index is 2.83. The fourth-order valence-corrected chi connectivity index (χ4v) is 1.45. The Labute approximate surface area is 68.6 Å². The first kappa shape index (κ1) is 8.29. The van der Waals surface area contributed by atoms with Crippen LogP contribution in [-0.4, -0.2) is 16.7 Å². The number of hydrogen-bond donors (Lipinski definition) is 2. The third-order valence-corrected chi connectivity index (χ3v) is 1.94. The second-order valence-electron chi connectivity index (χ2n) is 1.88. The molecule has 0 bridgehead atoms. The molecule has 3 N–H and O–H groups in total. The van der Waals surface area contributed by atoms with Crippen molar-refractivity contribution in [1.29, 1.82) is 0 Å². The largest absolute Gasteiger partial charge is 0.483 e. The van der Waals surface area contributed by atoms with Crippen LogP contribution in [0.3, 0.4) is 0 Å². The van der Waals surface area contributed by atoms with Crippen LogP contribution in [0.4, 0.5) is 5.13 Å². The third kappa shape index (κ3) is 1.81. The molecule has 1 heterocycles. The minimum absolute atomic E-state index is 0.122. The molecule has 0 atom stereocenters. The van der Waals surface area contributed by atoms with Crippen LogP contribution in [0.15, 0.2) is 0 Å². The number of ether oxygens (including phenoxy) is 1. The summed E-state index contributed by atoms with van der Waals surface area (Å²) in [7, 11) is 0. The van der Waals surface area contributed by atoms with Crippen molar-refractivity contribution in [2.24, 2.45) is 0 Å². The predicted molar refractivity (Wildman–Crippen MR) is 43.6 cm³/mol. The number of hydrogen-bond acceptors (Lipinski definition) is 5. The molecule has 1 aromatic heterocycles. The van der Waals surface area contributed by atoms with Gasteiger partial charge in [0.1, 0.15) is 5.69 Å². The first-order chi connectivity index (χ1) is 5.27. The maximum atomic E-state index is 8.77. The minimum Gasteiger partial charge on any atom is -0.483 e. The Kier molecular flexibility index (Phi) is 2.67. The molecule has 0 unspecified atom stereocenters. The number of nitrogen functional groups attached to an aromatic ring is 1. The highest BCUT2D eigenvalue weighted by Crippen LogP contribution is 2.28. The summed E-state index contributed by atoms with van der Waals surface area (Å²) >= 11 is 1.25. The monoisotopic (exact) mass is 174 g/mol. The molecule has 5 heteroatoms. The Morgan fingerprint density at radius 2 is 2.45 bits per heavy atom. The van der Waals surface area contributed by atoms with Gasteiger partial charge >= 0.3 is 0 Å². The lowest BCUT2D eigenvalue weighted by molar-refractivity contribution is 0.265. The van der Waals surface area contributed by atoms with Crippen molar-refractivity contribution in [2.45, 2.75) is 13.5 Å². The molecule has 0 aliphatic rings. The molecule has 0 spiro atoms. The van der Waals surface area contributed by atoms with Crippen LogP contribution in [0.5, 0.6) is 5.06 Å². The average molecular weight is 174 g/mol. The van der Waals surface area contributed by atoms with Crippen molar-refractivity contribution >= 4 is 16.5 Å². The normalized spacial score (nSPS) is 10.0. The van der Waals surface area contributed by atoms with Gasteiger partial charge in [0.25, 0.3) is 0 Å². The van der Waals surface area contributed by atoms with Gasteiger partial charge in [0.05, 0.1) is 13.2 Å². The number of aromatic nitrogens is 1. The number of rotatable bonds is 3. The van der Waals surface area contributed by atoms with E-state index in [9.17, 15) is 0 Å². The third-order valence-electron chi connectivity index (χ3n) is 1.10. The topological polar surface area (TPSA) is 68.4 Å². The zero-order valence-corrected chi connectivity index (χ0v) is 7.02. The lowest BCUT2D eigenvalue weighted by atomic mass is 10.5. The summed E-state index contributed by atoms with van der Waals surface area (Å²) in [5.74, 6) is 0. The molecule has 62 valence electrons. The Hall–Kier alpha value is -0.810. The van der Waals surface area contributed by atoms with E-state index in [4.69, 9.17) is 15.6 Å². The Bertz CT molecular complexity index is 236. The van der Waals surface area contributed by atoms with Gasteiger partial charge in [0.15, 0.2) is 5.13 Å². The summed E-state index contributed by atoms with van der Waals surface area (Å²) in [5, 5.41) is 9.81. The Morgan fingerprint density at radius 3 is 3.00 bits per heavy atom. The second kappa shape index (κ2) is 3.54. The molecule has 0 aliphatic heterocycles. The molecule has 1 rings (SSSR count). The van der Waals surface area contributed by atoms with Crippen molar-refractivity contribution in [1.82, 2.24) is 4.98 Å². The molecule has 0 aliphatic carbocycles. The number of nitrogens with zero attached hydrogens (tertiary/aromatic N) is 1. The van der Waals surface area contributed by atoms with Gasteiger partial charge in [-0.3, -0.25) is 0 Å². The average Bonchev–Trinajstić information content (AvgIpc) is 2.32. The SMILES string of the molecule is CCOc1sc(N)nc1CO. The first-order valence-electron chi connectivity index (χ1n) is 3.26. The maximum absolute atomic E-state index is 8.77. The van der Waals surface area contributed by atoms with Crippen LogP contribution in [0, 0.1) is 0 Å². The number of aliphatic hydroxyl groups excluding tert-OH is 1. The van der Waals surface area contributed by atoms with E-state index in [1.807, 2.05) is 6.92 Å². The predicted octanol–water partition coefficient (Wildman–Crippen LogP) is 0.616. The van der Waals surface area contributed by atoms with Crippen molar-refractivity contribution < 1.29 is 9.84 Å². The molecule has 0 radical (unpaired) electrons. The standard InChI is InChI=1S/C6H10N2O2S/c1-2-10-5-4(3-9)8-6(7)11-5/h9H,2-3H2,1H3,(H2,7,8). The molecule has 11 heavy (non-hydrogen) atoms. The van der Waals surface area contributed by atoms with Crippen molar-refractivity contribution in [2.75, 3.05) is 12.3 Å². The lowest BCUT2D eigenvalue weighted by Gasteiger charge is -1.98. The molecule has 0 amide bonds. The highest BCUT2D eigenvalue weighted by Gasteiger charge is 2.08. The zero-order chi connectivity index (χ0) is 8.27. The van der Waals surface area contributed by atoms with E-state index < -0.39 is 0 Å². The molecule has 1 aromatic rings. The minimum atomic E-state index is -0.122. The van der Waals surface area contributed by atoms with E-state index in [-0.39, 0.29) is 6.61 Å². The summed E-state index contributed by atoms with van der Waals surface area (Å²) in [6.45, 7) is 2.31. The van der Waals surface area contributed by atoms with Crippen LogP contribution in [0.1, 0.15) is 12.6 Å². The summed E-state index contributed by atoms with van der Waals surface area (Å²) in [6.07, 6.45) is 0. The van der Waals surface area contributed by atoms with Crippen molar-refractivity contribution in [3.63, 3.8) is 0 Å². The van der Waals surface area contributed by atoms with E-state index in [1.165, 1.54) is 11.3 Å². The molecular weight excluding hydrogens is 164 g/mol. The fourth-order valence-electron chi connectivity index (χ4n) is 0.699. The number of anilines is 1. The summed E-state index contributed by atoms with van der Waals surface area (Å²) < 4.78 is 5.16. The number of nitrogens with two attached hydrogens (primary N) is 1. The summed E-state index contributed by atoms with van der Waals surface area (Å²) in [4.78, 5) is 3.87. The molecular formula is C6H10N2O2S. The number of thiazole rings is 1. The van der Waals surface area contributed by atoms with E-state index in [1.54, 1.807) is 0 Å². The maximum Gasteiger partial charge on any atom is 0.201 e. The van der Waals surface area contributed by atoms with Crippen LogP contribution in [0.2, 0.25) is 0 Å². The van der Waals surface area contributed by atoms with Gasteiger partial charge in [-0.1, -0.05) is 11.3 Å². The molecule has 0 fully saturated rings. The van der Waals surface area contributed by atoms with Gasteiger partial charge in [-0.15, -0.1) is 0 Å². The highest BCUT2D eigenvalue weighted by molar-refractivity contribution is 7.17. The first-order valence-corrected chi connectivity index (χ1v) is 4.08. The smallest absolute Gasteiger partial charge is 0.201 e. The van der Waals surface area contributed by atoms with E-state index in [2.05, 4.69) is 4.98 Å². The van der Waals surface area contributed by atoms with Crippen LogP contribution < -0.4 is 10.5 Å². The van der Waals surface area contributed by atoms with Gasteiger partial charge in [-0.05, 0) is 6.92 Å². The van der Waals surface area contributed by atoms with Gasteiger partial charge < -0.3 is 15.6 Å². The van der Waals surface area contributed by atoms with Crippen LogP contribution >= 0.6 is 11.3 Å². The van der Waals surface area contributed by atoms with Gasteiger partial charge in [0, 0.05) is 0 Å². The summed E-state index contributed by atoms with van der Waals surface area (Å²) in [5.41, 5.74) is 5.92. The number of aliphatic hydroxyl groups is 1. The van der Waals surface area contributed by atoms with Crippen molar-refractivity contribution in [3.8, 4) is 5.06 Å². The van der Waals surface area contributed by atoms with E-state index in [0.717, 1.165) is 0 Å². The molecule has 0 saturated heterocycles. The quantitative estimate of drug-likeness (QED) is 0.704. The Morgan fingerprint density at radius 1 is 1.73 bits per heavy atom. The molecule has 0 aromatic carbocycles. The van der Waals surface area contributed by atoms with E-state index in [0.29, 0.717) is 22.5 Å². The lowest BCUT2D eigenvalue weighted by Crippen LogP contribution is -1.93. The van der Waals surface area contributed by atoms with E-state index >= 15 is 0 Å². The van der Waals surface area contributed by atoms with Gasteiger partial charge in [-0.2, -0.15) is 0 Å². The second-order valence-corrected chi connectivity index (χ2v) is 2.87. The van der Waals surface area contributed by atoms with Crippen LogP contribution in [-0.2, 0) is 6.61 Å².